The minimum absolute atomic E-state index is 0.00104. The molecule has 0 aliphatic heterocycles. The van der Waals surface area contributed by atoms with Gasteiger partial charge in [0.15, 0.2) is 11.5 Å². The van der Waals surface area contributed by atoms with Crippen molar-refractivity contribution in [2.75, 3.05) is 20.8 Å². The lowest BCUT2D eigenvalue weighted by atomic mass is 10.1. The molecule has 0 radical (unpaired) electrons. The Hall–Kier alpha value is -3.11. The number of rotatable bonds is 8. The van der Waals surface area contributed by atoms with Crippen LogP contribution in [0.3, 0.4) is 0 Å². The highest BCUT2D eigenvalue weighted by Crippen LogP contribution is 2.28. The number of amides is 2. The average Bonchev–Trinajstić information content (AvgIpc) is 2.77. The van der Waals surface area contributed by atoms with Crippen LogP contribution in [-0.2, 0) is 10.0 Å². The van der Waals surface area contributed by atoms with Crippen molar-refractivity contribution in [3.05, 3.63) is 52.6 Å². The largest absolute Gasteiger partial charge is 0.493 e. The summed E-state index contributed by atoms with van der Waals surface area (Å²) in [5, 5.41) is 0. The summed E-state index contributed by atoms with van der Waals surface area (Å²) in [4.78, 5) is 25.0. The van der Waals surface area contributed by atoms with Gasteiger partial charge in [0.2, 0.25) is 10.0 Å². The predicted molar refractivity (Wildman–Crippen MR) is 116 cm³/mol. The quantitative estimate of drug-likeness (QED) is 0.531. The fourth-order valence-corrected chi connectivity index (χ4v) is 3.81. The third-order valence-corrected chi connectivity index (χ3v) is 6.16. The van der Waals surface area contributed by atoms with E-state index in [1.807, 2.05) is 6.92 Å². The fraction of sp³-hybridized carbons (Fsp3) is 0.333. The molecule has 0 aliphatic rings. The Morgan fingerprint density at radius 2 is 1.61 bits per heavy atom. The summed E-state index contributed by atoms with van der Waals surface area (Å²) >= 11 is 0. The molecule has 9 nitrogen and oxygen atoms in total. The van der Waals surface area contributed by atoms with Crippen molar-refractivity contribution in [1.29, 1.82) is 0 Å². The lowest BCUT2D eigenvalue weighted by Gasteiger charge is -2.14. The number of hydrogen-bond donors (Lipinski definition) is 3. The van der Waals surface area contributed by atoms with Crippen LogP contribution in [0.25, 0.3) is 0 Å². The number of aryl methyl sites for hydroxylation is 1. The summed E-state index contributed by atoms with van der Waals surface area (Å²) in [6.07, 6.45) is 0.827. The van der Waals surface area contributed by atoms with Gasteiger partial charge in [-0.05, 0) is 68.8 Å². The maximum Gasteiger partial charge on any atom is 0.269 e. The van der Waals surface area contributed by atoms with Crippen LogP contribution in [0.5, 0.6) is 11.5 Å². The number of ether oxygens (including phenoxy) is 2. The Bertz CT molecular complexity index is 1080. The summed E-state index contributed by atoms with van der Waals surface area (Å²) in [5.41, 5.74) is 6.12. The third-order valence-electron chi connectivity index (χ3n) is 4.62. The number of carbonyl (C=O) groups is 2. The van der Waals surface area contributed by atoms with Crippen molar-refractivity contribution >= 4 is 21.8 Å². The number of methoxy groups -OCH3 is 1. The van der Waals surface area contributed by atoms with E-state index >= 15 is 0 Å². The summed E-state index contributed by atoms with van der Waals surface area (Å²) in [6.45, 7) is 5.85. The molecule has 2 aromatic rings. The summed E-state index contributed by atoms with van der Waals surface area (Å²) in [5.74, 6) is -0.318. The molecule has 2 aromatic carbocycles. The highest BCUT2D eigenvalue weighted by molar-refractivity contribution is 7.89. The average molecular weight is 450 g/mol. The van der Waals surface area contributed by atoms with E-state index in [1.165, 1.54) is 26.3 Å². The van der Waals surface area contributed by atoms with Crippen LogP contribution in [-0.4, -0.2) is 41.0 Å². The molecule has 10 heteroatoms. The first-order valence-corrected chi connectivity index (χ1v) is 11.1. The zero-order valence-electron chi connectivity index (χ0n) is 18.2. The molecule has 0 fully saturated rings. The van der Waals surface area contributed by atoms with E-state index in [1.54, 1.807) is 32.0 Å². The Morgan fingerprint density at radius 3 is 2.19 bits per heavy atom. The number of hydrogen-bond acceptors (Lipinski definition) is 6. The monoisotopic (exact) mass is 449 g/mol. The second kappa shape index (κ2) is 10.3. The molecule has 168 valence electrons. The van der Waals surface area contributed by atoms with E-state index in [0.717, 1.165) is 6.42 Å². The third kappa shape index (κ3) is 5.74. The topological polar surface area (TPSA) is 123 Å². The zero-order valence-corrected chi connectivity index (χ0v) is 19.0. The van der Waals surface area contributed by atoms with Gasteiger partial charge >= 0.3 is 0 Å². The SMILES string of the molecule is CCCOc1ccc(C(=O)NNC(=O)c2cc(C)c(C)c(S(=O)(=O)NC)c2)cc1OC. The summed E-state index contributed by atoms with van der Waals surface area (Å²) in [7, 11) is -0.981. The van der Waals surface area contributed by atoms with Crippen molar-refractivity contribution in [1.82, 2.24) is 15.6 Å². The predicted octanol–water partition coefficient (Wildman–Crippen LogP) is 2.08. The summed E-state index contributed by atoms with van der Waals surface area (Å²) in [6, 6.07) is 7.47. The molecule has 3 N–H and O–H groups in total. The smallest absolute Gasteiger partial charge is 0.269 e. The lowest BCUT2D eigenvalue weighted by Crippen LogP contribution is -2.41. The first kappa shape index (κ1) is 24.2. The number of carbonyl (C=O) groups excluding carboxylic acids is 2. The molecule has 0 spiro atoms. The normalized spacial score (nSPS) is 11.0. The molecule has 0 unspecified atom stereocenters. The van der Waals surface area contributed by atoms with Gasteiger partial charge in [-0.1, -0.05) is 6.92 Å². The lowest BCUT2D eigenvalue weighted by molar-refractivity contribution is 0.0846. The molecule has 0 heterocycles. The maximum absolute atomic E-state index is 12.5. The number of nitrogens with one attached hydrogen (secondary N) is 3. The van der Waals surface area contributed by atoms with Gasteiger partial charge in [0, 0.05) is 11.1 Å². The van der Waals surface area contributed by atoms with Crippen molar-refractivity contribution in [2.24, 2.45) is 0 Å². The Morgan fingerprint density at radius 1 is 0.968 bits per heavy atom. The molecular formula is C21H27N3O6S. The molecule has 0 bridgehead atoms. The number of sulfonamides is 1. The zero-order chi connectivity index (χ0) is 23.2. The number of benzene rings is 2. The molecule has 0 aliphatic carbocycles. The van der Waals surface area contributed by atoms with Crippen LogP contribution in [0.1, 0.15) is 45.2 Å². The standard InChI is InChI=1S/C21H27N3O6S/c1-6-9-30-17-8-7-15(11-18(17)29-5)20(25)23-24-21(26)16-10-13(2)14(3)19(12-16)31(27,28)22-4/h7-8,10-12,22H,6,9H2,1-5H3,(H,23,25)(H,24,26). The van der Waals surface area contributed by atoms with Gasteiger partial charge in [0.1, 0.15) is 0 Å². The second-order valence-electron chi connectivity index (χ2n) is 6.75. The van der Waals surface area contributed by atoms with Gasteiger partial charge in [0.05, 0.1) is 18.6 Å². The first-order chi connectivity index (χ1) is 14.6. The van der Waals surface area contributed by atoms with Crippen LogP contribution >= 0.6 is 0 Å². The molecular weight excluding hydrogens is 422 g/mol. The van der Waals surface area contributed by atoms with Crippen molar-refractivity contribution in [2.45, 2.75) is 32.1 Å². The van der Waals surface area contributed by atoms with Gasteiger partial charge in [-0.25, -0.2) is 13.1 Å². The first-order valence-electron chi connectivity index (χ1n) is 9.60. The highest BCUT2D eigenvalue weighted by Gasteiger charge is 2.20. The van der Waals surface area contributed by atoms with E-state index in [0.29, 0.717) is 29.2 Å². The van der Waals surface area contributed by atoms with E-state index in [4.69, 9.17) is 9.47 Å². The van der Waals surface area contributed by atoms with Gasteiger partial charge in [-0.3, -0.25) is 20.4 Å². The minimum atomic E-state index is -3.74. The summed E-state index contributed by atoms with van der Waals surface area (Å²) < 4.78 is 37.5. The Labute approximate surface area is 182 Å². The van der Waals surface area contributed by atoms with Crippen LogP contribution < -0.4 is 25.0 Å². The second-order valence-corrected chi connectivity index (χ2v) is 8.60. The van der Waals surface area contributed by atoms with E-state index in [-0.39, 0.29) is 16.0 Å². The fourth-order valence-electron chi connectivity index (χ4n) is 2.75. The molecule has 31 heavy (non-hydrogen) atoms. The van der Waals surface area contributed by atoms with Crippen molar-refractivity contribution in [3.8, 4) is 11.5 Å². The van der Waals surface area contributed by atoms with Crippen LogP contribution in [0.4, 0.5) is 0 Å². The molecule has 0 aromatic heterocycles. The Kier molecular flexibility index (Phi) is 8.01. The van der Waals surface area contributed by atoms with Crippen LogP contribution in [0.2, 0.25) is 0 Å². The van der Waals surface area contributed by atoms with Gasteiger partial charge in [-0.2, -0.15) is 0 Å². The Balaban J connectivity index is 2.17. The van der Waals surface area contributed by atoms with Crippen LogP contribution in [0.15, 0.2) is 35.2 Å². The van der Waals surface area contributed by atoms with Crippen LogP contribution in [0, 0.1) is 13.8 Å². The molecule has 0 saturated carbocycles. The number of hydrazine groups is 1. The van der Waals surface area contributed by atoms with Crippen molar-refractivity contribution in [3.63, 3.8) is 0 Å². The van der Waals surface area contributed by atoms with E-state index in [9.17, 15) is 18.0 Å². The van der Waals surface area contributed by atoms with E-state index in [2.05, 4.69) is 15.6 Å². The molecule has 2 rings (SSSR count). The highest BCUT2D eigenvalue weighted by atomic mass is 32.2. The van der Waals surface area contributed by atoms with Gasteiger partial charge in [0.25, 0.3) is 11.8 Å². The van der Waals surface area contributed by atoms with Crippen molar-refractivity contribution < 1.29 is 27.5 Å². The maximum atomic E-state index is 12.5. The molecule has 0 atom stereocenters. The molecule has 0 saturated heterocycles. The minimum Gasteiger partial charge on any atom is -0.493 e. The van der Waals surface area contributed by atoms with Gasteiger partial charge < -0.3 is 9.47 Å². The molecule has 2 amide bonds. The van der Waals surface area contributed by atoms with Gasteiger partial charge in [-0.15, -0.1) is 0 Å². The van der Waals surface area contributed by atoms with E-state index < -0.39 is 21.8 Å².